The molecular weight excluding hydrogens is 513 g/mol. The van der Waals surface area contributed by atoms with E-state index in [9.17, 15) is 9.59 Å². The summed E-state index contributed by atoms with van der Waals surface area (Å²) in [5, 5.41) is 6.48. The number of benzene rings is 1. The van der Waals surface area contributed by atoms with Crippen LogP contribution in [0.15, 0.2) is 47.1 Å². The molecule has 3 atom stereocenters. The van der Waals surface area contributed by atoms with Crippen LogP contribution in [0.5, 0.6) is 0 Å². The van der Waals surface area contributed by atoms with Gasteiger partial charge < -0.3 is 19.7 Å². The number of pyridine rings is 1. The van der Waals surface area contributed by atoms with Crippen LogP contribution in [0.3, 0.4) is 0 Å². The molecule has 0 radical (unpaired) electrons. The third kappa shape index (κ3) is 4.65. The van der Waals surface area contributed by atoms with Crippen molar-refractivity contribution < 1.29 is 18.5 Å². The van der Waals surface area contributed by atoms with Crippen LogP contribution in [0, 0.1) is 11.7 Å². The van der Waals surface area contributed by atoms with E-state index in [1.54, 1.807) is 36.5 Å². The maximum absolute atomic E-state index is 15.2. The normalized spacial score (nSPS) is 20.3. The highest BCUT2D eigenvalue weighted by Gasteiger charge is 2.54. The molecule has 1 aromatic carbocycles. The molecule has 6 rings (SSSR count). The van der Waals surface area contributed by atoms with Crippen LogP contribution in [0.4, 0.5) is 4.39 Å². The van der Waals surface area contributed by atoms with Gasteiger partial charge in [-0.2, -0.15) is 4.98 Å². The molecule has 1 aliphatic heterocycles. The van der Waals surface area contributed by atoms with Gasteiger partial charge in [-0.25, -0.2) is 14.4 Å². The van der Waals surface area contributed by atoms with Crippen molar-refractivity contribution in [2.24, 2.45) is 5.92 Å². The molecule has 1 saturated heterocycles. The van der Waals surface area contributed by atoms with Gasteiger partial charge in [0.1, 0.15) is 11.6 Å². The topological polar surface area (TPSA) is 130 Å². The van der Waals surface area contributed by atoms with Gasteiger partial charge in [0.2, 0.25) is 5.91 Å². The average Bonchev–Trinajstić information content (AvgIpc) is 3.30. The first-order chi connectivity index (χ1) is 19.1. The van der Waals surface area contributed by atoms with Crippen molar-refractivity contribution in [3.05, 3.63) is 71.5 Å². The van der Waals surface area contributed by atoms with Crippen LogP contribution >= 0.6 is 0 Å². The van der Waals surface area contributed by atoms with Crippen LogP contribution in [-0.4, -0.2) is 47.8 Å². The molecule has 0 bridgehead atoms. The summed E-state index contributed by atoms with van der Waals surface area (Å²) >= 11 is 0. The smallest absolute Gasteiger partial charge is 0.315 e. The number of hydrogen-bond acceptors (Lipinski definition) is 7. The van der Waals surface area contributed by atoms with Crippen LogP contribution in [0.1, 0.15) is 74.5 Å². The average molecular weight is 544 g/mol. The monoisotopic (exact) mass is 543 g/mol. The van der Waals surface area contributed by atoms with Gasteiger partial charge in [-0.1, -0.05) is 44.1 Å². The van der Waals surface area contributed by atoms with E-state index in [1.807, 2.05) is 32.6 Å². The molecule has 206 valence electrons. The molecule has 0 spiro atoms. The predicted octanol–water partition coefficient (Wildman–Crippen LogP) is 4.61. The van der Waals surface area contributed by atoms with E-state index in [0.717, 1.165) is 18.4 Å². The first-order valence-electron chi connectivity index (χ1n) is 13.3. The highest BCUT2D eigenvalue weighted by atomic mass is 19.1. The van der Waals surface area contributed by atoms with Crippen molar-refractivity contribution >= 4 is 23.0 Å². The van der Waals surface area contributed by atoms with Crippen LogP contribution in [-0.2, 0) is 16.8 Å². The second-order valence-corrected chi connectivity index (χ2v) is 11.4. The number of imidazole rings is 1. The SMILES string of the molecule is C/C=C/C(=O)N1C(c2nc3nccc(-c4ccc(CNC(=O)c5nc(C(C)(C)C)no5)c(F)c4)c3[nH]2)CC2CC21. The lowest BCUT2D eigenvalue weighted by atomic mass is 9.96. The van der Waals surface area contributed by atoms with Gasteiger partial charge in [0.15, 0.2) is 11.5 Å². The first-order valence-corrected chi connectivity index (χ1v) is 13.3. The zero-order chi connectivity index (χ0) is 28.2. The van der Waals surface area contributed by atoms with Gasteiger partial charge >= 0.3 is 11.8 Å². The van der Waals surface area contributed by atoms with Crippen LogP contribution < -0.4 is 5.32 Å². The van der Waals surface area contributed by atoms with Gasteiger partial charge in [0.05, 0.1) is 11.6 Å². The molecule has 4 heterocycles. The van der Waals surface area contributed by atoms with E-state index in [2.05, 4.69) is 25.4 Å². The third-order valence-electron chi connectivity index (χ3n) is 7.49. The van der Waals surface area contributed by atoms with Gasteiger partial charge in [-0.05, 0) is 49.5 Å². The van der Waals surface area contributed by atoms with Gasteiger partial charge in [-0.15, -0.1) is 0 Å². The number of aromatic nitrogens is 5. The molecule has 3 aromatic heterocycles. The summed E-state index contributed by atoms with van der Waals surface area (Å²) in [4.78, 5) is 43.8. The standard InChI is InChI=1S/C29H30FN7O3/c1-5-6-22(38)37-20-12-17(20)13-21(37)24-33-23-18(9-10-31-25(23)34-24)15-7-8-16(19(30)11-15)14-32-26(39)27-35-28(36-40-27)29(2,3)4/h5-11,17,20-21H,12-14H2,1-4H3,(H,32,39)(H,31,33,34)/b6-5+. The summed E-state index contributed by atoms with van der Waals surface area (Å²) < 4.78 is 20.2. The maximum Gasteiger partial charge on any atom is 0.315 e. The zero-order valence-corrected chi connectivity index (χ0v) is 22.7. The fourth-order valence-electron chi connectivity index (χ4n) is 5.30. The largest absolute Gasteiger partial charge is 0.344 e. The van der Waals surface area contributed by atoms with Crippen molar-refractivity contribution in [1.82, 2.24) is 35.3 Å². The number of likely N-dealkylation sites (tertiary alicyclic amines) is 1. The number of rotatable bonds is 6. The number of amides is 2. The summed E-state index contributed by atoms with van der Waals surface area (Å²) in [6.07, 6.45) is 6.88. The minimum Gasteiger partial charge on any atom is -0.344 e. The van der Waals surface area contributed by atoms with Gasteiger partial charge in [0.25, 0.3) is 0 Å². The maximum atomic E-state index is 15.2. The van der Waals surface area contributed by atoms with Crippen LogP contribution in [0.25, 0.3) is 22.3 Å². The minimum atomic E-state index is -0.571. The number of H-pyrrole nitrogens is 1. The molecule has 4 aromatic rings. The van der Waals surface area contributed by atoms with Crippen molar-refractivity contribution in [3.63, 3.8) is 0 Å². The predicted molar refractivity (Wildman–Crippen MR) is 144 cm³/mol. The Balaban J connectivity index is 1.21. The first kappa shape index (κ1) is 25.8. The van der Waals surface area contributed by atoms with E-state index < -0.39 is 11.7 Å². The Labute approximate surface area is 230 Å². The van der Waals surface area contributed by atoms with E-state index in [0.29, 0.717) is 39.9 Å². The fraction of sp³-hybridized carbons (Fsp3) is 0.379. The van der Waals surface area contributed by atoms with Crippen molar-refractivity contribution in [2.75, 3.05) is 0 Å². The Bertz CT molecular complexity index is 1650. The van der Waals surface area contributed by atoms with E-state index >= 15 is 4.39 Å². The fourth-order valence-corrected chi connectivity index (χ4v) is 5.30. The molecule has 3 unspecified atom stereocenters. The molecule has 11 heteroatoms. The Morgan fingerprint density at radius 2 is 2.05 bits per heavy atom. The van der Waals surface area contributed by atoms with E-state index in [-0.39, 0.29) is 35.8 Å². The summed E-state index contributed by atoms with van der Waals surface area (Å²) in [6, 6.07) is 6.76. The molecule has 2 fully saturated rings. The number of piperidine rings is 1. The molecule has 10 nitrogen and oxygen atoms in total. The summed E-state index contributed by atoms with van der Waals surface area (Å²) in [7, 11) is 0. The lowest BCUT2D eigenvalue weighted by Crippen LogP contribution is -2.32. The number of fused-ring (bicyclic) bond motifs is 2. The number of hydrogen-bond donors (Lipinski definition) is 2. The molecular formula is C29H30FN7O3. The lowest BCUT2D eigenvalue weighted by molar-refractivity contribution is -0.128. The van der Waals surface area contributed by atoms with Crippen LogP contribution in [0.2, 0.25) is 0 Å². The van der Waals surface area contributed by atoms with Crippen molar-refractivity contribution in [3.8, 4) is 11.1 Å². The van der Waals surface area contributed by atoms with Crippen molar-refractivity contribution in [2.45, 2.75) is 64.6 Å². The zero-order valence-electron chi connectivity index (χ0n) is 22.7. The highest BCUT2D eigenvalue weighted by molar-refractivity contribution is 5.91. The number of halogens is 1. The number of carbonyl (C=O) groups is 2. The Hall–Kier alpha value is -4.41. The molecule has 2 N–H and O–H groups in total. The molecule has 2 amide bonds. The number of carbonyl (C=O) groups excluding carboxylic acids is 2. The number of nitrogens with zero attached hydrogens (tertiary/aromatic N) is 5. The van der Waals surface area contributed by atoms with E-state index in [4.69, 9.17) is 9.51 Å². The van der Waals surface area contributed by atoms with Crippen molar-refractivity contribution in [1.29, 1.82) is 0 Å². The number of nitrogens with one attached hydrogen (secondary N) is 2. The quantitative estimate of drug-likeness (QED) is 0.340. The highest BCUT2D eigenvalue weighted by Crippen LogP contribution is 2.53. The minimum absolute atomic E-state index is 0.00961. The van der Waals surface area contributed by atoms with Gasteiger partial charge in [0, 0.05) is 35.3 Å². The Kier molecular flexibility index (Phi) is 6.24. The second-order valence-electron chi connectivity index (χ2n) is 11.4. The molecule has 40 heavy (non-hydrogen) atoms. The molecule has 1 aliphatic carbocycles. The van der Waals surface area contributed by atoms with E-state index in [1.165, 1.54) is 6.07 Å². The Morgan fingerprint density at radius 3 is 2.77 bits per heavy atom. The molecule has 1 saturated carbocycles. The second kappa shape index (κ2) is 9.65. The molecule has 2 aliphatic rings. The summed E-state index contributed by atoms with van der Waals surface area (Å²) in [5.74, 6) is 0.394. The Morgan fingerprint density at radius 1 is 1.23 bits per heavy atom. The summed E-state index contributed by atoms with van der Waals surface area (Å²) in [5.41, 5.74) is 2.52. The lowest BCUT2D eigenvalue weighted by Gasteiger charge is -2.24. The summed E-state index contributed by atoms with van der Waals surface area (Å²) in [6.45, 7) is 7.52. The van der Waals surface area contributed by atoms with Gasteiger partial charge in [-0.3, -0.25) is 9.59 Å². The number of allylic oxidation sites excluding steroid dienone is 1. The number of aromatic amines is 1. The third-order valence-corrected chi connectivity index (χ3v) is 7.49.